The zero-order valence-corrected chi connectivity index (χ0v) is 18.4. The first kappa shape index (κ1) is 24.8. The van der Waals surface area contributed by atoms with E-state index in [0.717, 1.165) is 18.2 Å². The normalized spacial score (nSPS) is 11.5. The molecule has 0 aliphatic heterocycles. The Balaban J connectivity index is 1.66. The summed E-state index contributed by atoms with van der Waals surface area (Å²) in [5.74, 6) is -0.944. The molecule has 0 fully saturated rings. The van der Waals surface area contributed by atoms with Gasteiger partial charge in [-0.1, -0.05) is 36.4 Å². The lowest BCUT2D eigenvalue weighted by molar-refractivity contribution is -0.137. The van der Waals surface area contributed by atoms with E-state index >= 15 is 0 Å². The highest BCUT2D eigenvalue weighted by atomic mass is 32.2. The number of amides is 2. The average Bonchev–Trinajstić information content (AvgIpc) is 2.82. The highest BCUT2D eigenvalue weighted by Gasteiger charge is 2.31. The van der Waals surface area contributed by atoms with Gasteiger partial charge >= 0.3 is 6.18 Å². The second kappa shape index (κ2) is 10.4. The number of halogens is 3. The standard InChI is InChI=1S/C23H20F3N3O4S/c24-23(25,26)17-9-6-10-18(15-17)34(32,33)29-20-12-5-4-11-19(20)22(31)28-14-13-27-21(30)16-7-2-1-3-8-16/h1-12,15,29H,13-14H2,(H,27,30)(H,28,31). The zero-order chi connectivity index (χ0) is 24.8. The summed E-state index contributed by atoms with van der Waals surface area (Å²) in [4.78, 5) is 24.0. The zero-order valence-electron chi connectivity index (χ0n) is 17.6. The molecule has 0 aromatic heterocycles. The average molecular weight is 491 g/mol. The summed E-state index contributed by atoms with van der Waals surface area (Å²) >= 11 is 0. The van der Waals surface area contributed by atoms with Crippen molar-refractivity contribution in [3.05, 3.63) is 95.6 Å². The molecular formula is C23H20F3N3O4S. The minimum absolute atomic E-state index is 0.0348. The number of nitrogens with one attached hydrogen (secondary N) is 3. The van der Waals surface area contributed by atoms with Gasteiger partial charge in [-0.3, -0.25) is 14.3 Å². The van der Waals surface area contributed by atoms with Gasteiger partial charge in [0.25, 0.3) is 21.8 Å². The molecule has 0 saturated heterocycles. The number of benzene rings is 3. The Kier molecular flexibility index (Phi) is 7.57. The van der Waals surface area contributed by atoms with E-state index in [1.165, 1.54) is 24.3 Å². The van der Waals surface area contributed by atoms with E-state index in [1.54, 1.807) is 30.3 Å². The van der Waals surface area contributed by atoms with Gasteiger partial charge in [0.05, 0.1) is 21.7 Å². The molecule has 2 amide bonds. The fourth-order valence-electron chi connectivity index (χ4n) is 2.95. The maximum absolute atomic E-state index is 13.0. The first-order chi connectivity index (χ1) is 16.1. The summed E-state index contributed by atoms with van der Waals surface area (Å²) in [6.07, 6.45) is -4.71. The van der Waals surface area contributed by atoms with E-state index < -0.39 is 32.6 Å². The van der Waals surface area contributed by atoms with Gasteiger partial charge in [-0.25, -0.2) is 8.42 Å². The molecule has 0 bridgehead atoms. The van der Waals surface area contributed by atoms with E-state index in [1.807, 2.05) is 0 Å². The van der Waals surface area contributed by atoms with Crippen LogP contribution in [0.2, 0.25) is 0 Å². The monoisotopic (exact) mass is 491 g/mol. The van der Waals surface area contributed by atoms with Crippen molar-refractivity contribution in [1.82, 2.24) is 10.6 Å². The van der Waals surface area contributed by atoms with Gasteiger partial charge in [-0.05, 0) is 42.5 Å². The van der Waals surface area contributed by atoms with Gasteiger partial charge < -0.3 is 10.6 Å². The van der Waals surface area contributed by atoms with Gasteiger partial charge in [0.15, 0.2) is 0 Å². The summed E-state index contributed by atoms with van der Waals surface area (Å²) in [5, 5.41) is 5.20. The van der Waals surface area contributed by atoms with Gasteiger partial charge in [0.2, 0.25) is 0 Å². The van der Waals surface area contributed by atoms with Crippen LogP contribution in [-0.4, -0.2) is 33.3 Å². The van der Waals surface area contributed by atoms with Gasteiger partial charge in [0.1, 0.15) is 0 Å². The molecule has 178 valence electrons. The topological polar surface area (TPSA) is 104 Å². The number of para-hydroxylation sites is 1. The second-order valence-electron chi connectivity index (χ2n) is 7.05. The van der Waals surface area contributed by atoms with Crippen LogP contribution in [0.25, 0.3) is 0 Å². The van der Waals surface area contributed by atoms with Crippen LogP contribution < -0.4 is 15.4 Å². The van der Waals surface area contributed by atoms with Crippen molar-refractivity contribution in [2.24, 2.45) is 0 Å². The smallest absolute Gasteiger partial charge is 0.350 e. The Labute approximate surface area is 194 Å². The minimum atomic E-state index is -4.71. The maximum atomic E-state index is 13.0. The summed E-state index contributed by atoms with van der Waals surface area (Å²) in [6.45, 7) is 0.184. The molecule has 0 radical (unpaired) electrons. The molecule has 3 rings (SSSR count). The second-order valence-corrected chi connectivity index (χ2v) is 8.74. The summed E-state index contributed by atoms with van der Waals surface area (Å²) in [7, 11) is -4.41. The first-order valence-corrected chi connectivity index (χ1v) is 11.5. The Morgan fingerprint density at radius 1 is 0.765 bits per heavy atom. The highest BCUT2D eigenvalue weighted by Crippen LogP contribution is 2.31. The Hall–Kier alpha value is -3.86. The van der Waals surface area contributed by atoms with Gasteiger partial charge in [-0.2, -0.15) is 13.2 Å². The Morgan fingerprint density at radius 2 is 1.38 bits per heavy atom. The molecule has 0 atom stereocenters. The summed E-state index contributed by atoms with van der Waals surface area (Å²) < 4.78 is 66.4. The number of rotatable bonds is 8. The largest absolute Gasteiger partial charge is 0.416 e. The number of sulfonamides is 1. The molecule has 7 nitrogen and oxygen atoms in total. The molecule has 3 N–H and O–H groups in total. The highest BCUT2D eigenvalue weighted by molar-refractivity contribution is 7.92. The van der Waals surface area contributed by atoms with Crippen molar-refractivity contribution in [1.29, 1.82) is 0 Å². The molecular weight excluding hydrogens is 471 g/mol. The van der Waals surface area contributed by atoms with Gasteiger partial charge in [0, 0.05) is 18.7 Å². The van der Waals surface area contributed by atoms with Crippen LogP contribution in [0.4, 0.5) is 18.9 Å². The van der Waals surface area contributed by atoms with E-state index in [-0.39, 0.29) is 30.2 Å². The first-order valence-electron chi connectivity index (χ1n) is 9.98. The summed E-state index contributed by atoms with van der Waals surface area (Å²) in [5.41, 5.74) is -0.791. The predicted octanol–water partition coefficient (Wildman–Crippen LogP) is 3.67. The molecule has 0 aliphatic carbocycles. The third-order valence-corrected chi connectivity index (χ3v) is 5.98. The number of carbonyl (C=O) groups excluding carboxylic acids is 2. The van der Waals surface area contributed by atoms with Crippen molar-refractivity contribution in [2.75, 3.05) is 17.8 Å². The molecule has 0 unspecified atom stereocenters. The van der Waals surface area contributed by atoms with E-state index in [9.17, 15) is 31.2 Å². The number of hydrogen-bond donors (Lipinski definition) is 3. The SMILES string of the molecule is O=C(NCCNC(=O)c1ccccc1NS(=O)(=O)c1cccc(C(F)(F)F)c1)c1ccccc1. The fourth-order valence-corrected chi connectivity index (χ4v) is 4.08. The van der Waals surface area contributed by atoms with Crippen LogP contribution in [0.15, 0.2) is 83.8 Å². The number of hydrogen-bond acceptors (Lipinski definition) is 4. The molecule has 3 aromatic carbocycles. The van der Waals surface area contributed by atoms with Crippen LogP contribution in [0.5, 0.6) is 0 Å². The van der Waals surface area contributed by atoms with Crippen molar-refractivity contribution >= 4 is 27.5 Å². The van der Waals surface area contributed by atoms with E-state index in [2.05, 4.69) is 15.4 Å². The number of anilines is 1. The Morgan fingerprint density at radius 3 is 2.06 bits per heavy atom. The third kappa shape index (κ3) is 6.35. The number of carbonyl (C=O) groups is 2. The van der Waals surface area contributed by atoms with E-state index in [0.29, 0.717) is 11.6 Å². The lowest BCUT2D eigenvalue weighted by Crippen LogP contribution is -2.35. The van der Waals surface area contributed by atoms with Gasteiger partial charge in [-0.15, -0.1) is 0 Å². The van der Waals surface area contributed by atoms with Crippen molar-refractivity contribution in [3.8, 4) is 0 Å². The minimum Gasteiger partial charge on any atom is -0.350 e. The molecule has 0 spiro atoms. The van der Waals surface area contributed by atoms with Crippen LogP contribution in [0.3, 0.4) is 0 Å². The van der Waals surface area contributed by atoms with Crippen molar-refractivity contribution in [2.45, 2.75) is 11.1 Å². The molecule has 0 aliphatic rings. The molecule has 0 heterocycles. The lowest BCUT2D eigenvalue weighted by atomic mass is 10.1. The van der Waals surface area contributed by atoms with Crippen LogP contribution in [0.1, 0.15) is 26.3 Å². The molecule has 34 heavy (non-hydrogen) atoms. The van der Waals surface area contributed by atoms with Crippen molar-refractivity contribution < 1.29 is 31.2 Å². The van der Waals surface area contributed by atoms with Crippen LogP contribution in [-0.2, 0) is 16.2 Å². The lowest BCUT2D eigenvalue weighted by Gasteiger charge is -2.14. The van der Waals surface area contributed by atoms with Crippen molar-refractivity contribution in [3.63, 3.8) is 0 Å². The van der Waals surface area contributed by atoms with E-state index in [4.69, 9.17) is 0 Å². The molecule has 3 aromatic rings. The summed E-state index contributed by atoms with van der Waals surface area (Å²) in [6, 6.07) is 17.4. The third-order valence-electron chi connectivity index (χ3n) is 4.62. The fraction of sp³-hybridized carbons (Fsp3) is 0.130. The Bertz CT molecular complexity index is 1280. The number of alkyl halides is 3. The molecule has 11 heteroatoms. The quantitative estimate of drug-likeness (QED) is 0.418. The molecule has 0 saturated carbocycles. The van der Waals surface area contributed by atoms with Crippen LogP contribution >= 0.6 is 0 Å². The maximum Gasteiger partial charge on any atom is 0.416 e. The van der Waals surface area contributed by atoms with Crippen LogP contribution in [0, 0.1) is 0 Å². The predicted molar refractivity (Wildman–Crippen MR) is 120 cm³/mol.